The Kier molecular flexibility index (Phi) is 6.59. The van der Waals surface area contributed by atoms with Gasteiger partial charge in [-0.25, -0.2) is 9.37 Å². The average molecular weight is 429 g/mol. The van der Waals surface area contributed by atoms with Crippen LogP contribution in [0.25, 0.3) is 10.2 Å². The molecule has 1 atom stereocenters. The molecule has 2 aromatic carbocycles. The summed E-state index contributed by atoms with van der Waals surface area (Å²) in [6, 6.07) is 12.1. The molecule has 30 heavy (non-hydrogen) atoms. The quantitative estimate of drug-likeness (QED) is 0.448. The molecule has 4 rings (SSSR count). The van der Waals surface area contributed by atoms with Gasteiger partial charge in [0.05, 0.1) is 24.0 Å². The maximum Gasteiger partial charge on any atom is 0.260 e. The molecule has 1 amide bonds. The number of amides is 1. The maximum atomic E-state index is 14.2. The third-order valence-electron chi connectivity index (χ3n) is 5.09. The van der Waals surface area contributed by atoms with Crippen molar-refractivity contribution in [3.63, 3.8) is 0 Å². The highest BCUT2D eigenvalue weighted by Crippen LogP contribution is 2.32. The summed E-state index contributed by atoms with van der Waals surface area (Å²) in [7, 11) is 0. The number of unbranched alkanes of at least 4 members (excludes halogenated alkanes) is 1. The molecule has 1 aliphatic rings. The Labute approximate surface area is 179 Å². The largest absolute Gasteiger partial charge is 0.494 e. The second-order valence-electron chi connectivity index (χ2n) is 7.36. The van der Waals surface area contributed by atoms with Crippen LogP contribution in [0.5, 0.6) is 5.75 Å². The molecule has 1 unspecified atom stereocenters. The minimum absolute atomic E-state index is 0.0465. The van der Waals surface area contributed by atoms with Crippen molar-refractivity contribution in [1.82, 2.24) is 4.98 Å². The van der Waals surface area contributed by atoms with Gasteiger partial charge < -0.3 is 9.47 Å². The average Bonchev–Trinajstić information content (AvgIpc) is 3.42. The first kappa shape index (κ1) is 20.8. The van der Waals surface area contributed by atoms with Gasteiger partial charge in [-0.15, -0.1) is 0 Å². The number of nitrogens with zero attached hydrogens (tertiary/aromatic N) is 2. The fourth-order valence-corrected chi connectivity index (χ4v) is 4.46. The van der Waals surface area contributed by atoms with Crippen molar-refractivity contribution >= 4 is 32.6 Å². The Balaban J connectivity index is 1.64. The first-order chi connectivity index (χ1) is 14.7. The fraction of sp³-hybridized carbons (Fsp3) is 0.391. The highest BCUT2D eigenvalue weighted by atomic mass is 32.1. The van der Waals surface area contributed by atoms with Crippen LogP contribution in [0.4, 0.5) is 9.52 Å². The molecule has 1 fully saturated rings. The van der Waals surface area contributed by atoms with Crippen molar-refractivity contribution < 1.29 is 18.7 Å². The molecule has 1 aliphatic heterocycles. The van der Waals surface area contributed by atoms with Crippen molar-refractivity contribution in [3.05, 3.63) is 53.8 Å². The highest BCUT2D eigenvalue weighted by Gasteiger charge is 2.27. The lowest BCUT2D eigenvalue weighted by molar-refractivity contribution is 0.0917. The molecule has 2 heterocycles. The van der Waals surface area contributed by atoms with Crippen molar-refractivity contribution in [2.45, 2.75) is 38.7 Å². The minimum Gasteiger partial charge on any atom is -0.494 e. The fourth-order valence-electron chi connectivity index (χ4n) is 3.47. The van der Waals surface area contributed by atoms with Gasteiger partial charge in [0.1, 0.15) is 17.1 Å². The Bertz CT molecular complexity index is 1020. The van der Waals surface area contributed by atoms with Gasteiger partial charge in [0.15, 0.2) is 5.13 Å². The van der Waals surface area contributed by atoms with E-state index in [2.05, 4.69) is 11.9 Å². The number of hydrogen-bond donors (Lipinski definition) is 0. The lowest BCUT2D eigenvalue weighted by Gasteiger charge is -2.23. The van der Waals surface area contributed by atoms with Gasteiger partial charge in [-0.1, -0.05) is 36.8 Å². The van der Waals surface area contributed by atoms with Gasteiger partial charge in [-0.2, -0.15) is 0 Å². The van der Waals surface area contributed by atoms with E-state index in [9.17, 15) is 9.18 Å². The van der Waals surface area contributed by atoms with Crippen LogP contribution in [0.15, 0.2) is 42.5 Å². The Morgan fingerprint density at radius 2 is 2.20 bits per heavy atom. The number of halogens is 1. The maximum absolute atomic E-state index is 14.2. The van der Waals surface area contributed by atoms with Crippen LogP contribution in [-0.2, 0) is 4.74 Å². The number of benzene rings is 2. The number of hydrogen-bond acceptors (Lipinski definition) is 5. The van der Waals surface area contributed by atoms with E-state index >= 15 is 0 Å². The van der Waals surface area contributed by atoms with Crippen molar-refractivity contribution in [2.75, 3.05) is 24.7 Å². The van der Waals surface area contributed by atoms with Crippen LogP contribution < -0.4 is 9.64 Å². The van der Waals surface area contributed by atoms with Crippen molar-refractivity contribution in [2.24, 2.45) is 0 Å². The van der Waals surface area contributed by atoms with Crippen LogP contribution in [0.1, 0.15) is 43.0 Å². The Morgan fingerprint density at radius 1 is 1.33 bits per heavy atom. The normalized spacial score (nSPS) is 16.1. The number of para-hydroxylation sites is 1. The Morgan fingerprint density at radius 3 is 2.97 bits per heavy atom. The summed E-state index contributed by atoms with van der Waals surface area (Å²) in [5, 5.41) is 0.480. The van der Waals surface area contributed by atoms with Gasteiger partial charge in [-0.05, 0) is 49.6 Å². The van der Waals surface area contributed by atoms with E-state index in [4.69, 9.17) is 9.47 Å². The molecule has 0 radical (unpaired) electrons. The molecule has 7 heteroatoms. The van der Waals surface area contributed by atoms with E-state index in [1.165, 1.54) is 17.4 Å². The summed E-state index contributed by atoms with van der Waals surface area (Å²) in [5.74, 6) is 0.0958. The molecule has 0 spiro atoms. The van der Waals surface area contributed by atoms with Crippen LogP contribution >= 0.6 is 11.3 Å². The predicted molar refractivity (Wildman–Crippen MR) is 117 cm³/mol. The SMILES string of the molecule is CCCCOc1cccc(C(=O)N(CC2CCCO2)c2nc3c(F)cccc3s2)c1. The number of rotatable bonds is 8. The second-order valence-corrected chi connectivity index (χ2v) is 8.37. The standard InChI is InChI=1S/C23H25FN2O3S/c1-2-3-12-28-17-8-4-7-16(14-17)22(27)26(15-18-9-6-13-29-18)23-25-21-19(24)10-5-11-20(21)30-23/h4-5,7-8,10-11,14,18H,2-3,6,9,12-13,15H2,1H3. The monoisotopic (exact) mass is 428 g/mol. The number of aromatic nitrogens is 1. The third kappa shape index (κ3) is 4.63. The molecule has 0 saturated carbocycles. The minimum atomic E-state index is -0.383. The summed E-state index contributed by atoms with van der Waals surface area (Å²) < 4.78 is 26.4. The molecule has 1 saturated heterocycles. The summed E-state index contributed by atoms with van der Waals surface area (Å²) in [6.45, 7) is 3.81. The van der Waals surface area contributed by atoms with Gasteiger partial charge in [0.2, 0.25) is 0 Å². The first-order valence-electron chi connectivity index (χ1n) is 10.4. The highest BCUT2D eigenvalue weighted by molar-refractivity contribution is 7.22. The summed E-state index contributed by atoms with van der Waals surface area (Å²) in [4.78, 5) is 19.5. The molecule has 3 aromatic rings. The van der Waals surface area contributed by atoms with Crippen LogP contribution in [-0.4, -0.2) is 36.8 Å². The van der Waals surface area contributed by atoms with E-state index in [1.807, 2.05) is 18.2 Å². The van der Waals surface area contributed by atoms with Gasteiger partial charge in [0.25, 0.3) is 5.91 Å². The number of anilines is 1. The third-order valence-corrected chi connectivity index (χ3v) is 6.14. The van der Waals surface area contributed by atoms with Gasteiger partial charge in [0, 0.05) is 12.2 Å². The number of thiazole rings is 1. The molecule has 158 valence electrons. The molecule has 1 aromatic heterocycles. The van der Waals surface area contributed by atoms with Crippen LogP contribution in [0.3, 0.4) is 0 Å². The van der Waals surface area contributed by atoms with E-state index in [0.29, 0.717) is 46.4 Å². The lowest BCUT2D eigenvalue weighted by Crippen LogP contribution is -2.37. The van der Waals surface area contributed by atoms with Gasteiger partial charge >= 0.3 is 0 Å². The van der Waals surface area contributed by atoms with E-state index in [1.54, 1.807) is 23.1 Å². The van der Waals surface area contributed by atoms with Crippen LogP contribution in [0, 0.1) is 5.82 Å². The van der Waals surface area contributed by atoms with Gasteiger partial charge in [-0.3, -0.25) is 9.69 Å². The lowest BCUT2D eigenvalue weighted by atomic mass is 10.1. The smallest absolute Gasteiger partial charge is 0.260 e. The predicted octanol–water partition coefficient (Wildman–Crippen LogP) is 5.44. The summed E-state index contributed by atoms with van der Waals surface area (Å²) in [6.07, 6.45) is 3.82. The molecule has 0 N–H and O–H groups in total. The van der Waals surface area contributed by atoms with E-state index < -0.39 is 0 Å². The van der Waals surface area contributed by atoms with E-state index in [0.717, 1.165) is 25.7 Å². The van der Waals surface area contributed by atoms with Crippen LogP contribution in [0.2, 0.25) is 0 Å². The molecule has 5 nitrogen and oxygen atoms in total. The summed E-state index contributed by atoms with van der Waals surface area (Å²) >= 11 is 1.31. The summed E-state index contributed by atoms with van der Waals surface area (Å²) in [5.41, 5.74) is 0.806. The number of carbonyl (C=O) groups is 1. The first-order valence-corrected chi connectivity index (χ1v) is 11.2. The number of ether oxygens (including phenoxy) is 2. The zero-order chi connectivity index (χ0) is 20.9. The van der Waals surface area contributed by atoms with E-state index in [-0.39, 0.29) is 17.8 Å². The molecular weight excluding hydrogens is 403 g/mol. The zero-order valence-corrected chi connectivity index (χ0v) is 17.8. The zero-order valence-electron chi connectivity index (χ0n) is 17.0. The van der Waals surface area contributed by atoms with Crippen molar-refractivity contribution in [1.29, 1.82) is 0 Å². The molecule has 0 bridgehead atoms. The number of carbonyl (C=O) groups excluding carboxylic acids is 1. The second kappa shape index (κ2) is 9.53. The van der Waals surface area contributed by atoms with Crippen molar-refractivity contribution in [3.8, 4) is 5.75 Å². The number of fused-ring (bicyclic) bond motifs is 1. The molecular formula is C23H25FN2O3S. The Hall–Kier alpha value is -2.51. The molecule has 0 aliphatic carbocycles. The topological polar surface area (TPSA) is 51.7 Å².